The summed E-state index contributed by atoms with van der Waals surface area (Å²) in [6, 6.07) is 12.5. The summed E-state index contributed by atoms with van der Waals surface area (Å²) in [6.45, 7) is 1.46. The number of morpholine rings is 1. The summed E-state index contributed by atoms with van der Waals surface area (Å²) < 4.78 is 5.30. The van der Waals surface area contributed by atoms with Crippen LogP contribution in [0, 0.1) is 0 Å². The molecule has 140 valence electrons. The zero-order valence-electron chi connectivity index (χ0n) is 14.4. The summed E-state index contributed by atoms with van der Waals surface area (Å²) in [4.78, 5) is 28.9. The van der Waals surface area contributed by atoms with E-state index in [2.05, 4.69) is 5.32 Å². The van der Waals surface area contributed by atoms with Gasteiger partial charge in [0.1, 0.15) is 0 Å². The van der Waals surface area contributed by atoms with Crippen molar-refractivity contribution in [3.63, 3.8) is 0 Å². The molecule has 7 nitrogen and oxygen atoms in total. The lowest BCUT2D eigenvalue weighted by Crippen LogP contribution is -2.64. The molecule has 0 saturated carbocycles. The topological polar surface area (TPSA) is 82.1 Å². The summed E-state index contributed by atoms with van der Waals surface area (Å²) >= 11 is 5.95. The third-order valence-corrected chi connectivity index (χ3v) is 5.00. The second-order valence-corrected chi connectivity index (χ2v) is 6.80. The Morgan fingerprint density at radius 2 is 1.78 bits per heavy atom. The molecule has 27 heavy (non-hydrogen) atoms. The van der Waals surface area contributed by atoms with E-state index >= 15 is 0 Å². The quantitative estimate of drug-likeness (QED) is 0.829. The van der Waals surface area contributed by atoms with Crippen molar-refractivity contribution < 1.29 is 19.4 Å². The van der Waals surface area contributed by atoms with E-state index in [0.29, 0.717) is 48.3 Å². The van der Waals surface area contributed by atoms with Crippen LogP contribution < -0.4 is 10.2 Å². The van der Waals surface area contributed by atoms with Crippen LogP contribution in [-0.4, -0.2) is 48.2 Å². The van der Waals surface area contributed by atoms with Gasteiger partial charge in [0.2, 0.25) is 0 Å². The lowest BCUT2D eigenvalue weighted by molar-refractivity contribution is -0.156. The summed E-state index contributed by atoms with van der Waals surface area (Å²) in [7, 11) is 0. The van der Waals surface area contributed by atoms with Crippen LogP contribution in [0.5, 0.6) is 0 Å². The highest BCUT2D eigenvalue weighted by molar-refractivity contribution is 6.30. The van der Waals surface area contributed by atoms with Crippen molar-refractivity contribution in [1.29, 1.82) is 0 Å². The Kier molecular flexibility index (Phi) is 4.51. The molecular weight excluding hydrogens is 370 g/mol. The monoisotopic (exact) mass is 387 g/mol. The minimum Gasteiger partial charge on any atom is -0.378 e. The summed E-state index contributed by atoms with van der Waals surface area (Å²) in [5, 5.41) is 14.9. The minimum atomic E-state index is -2.18. The van der Waals surface area contributed by atoms with Gasteiger partial charge in [0, 0.05) is 29.4 Å². The molecule has 2 N–H and O–H groups in total. The molecule has 1 atom stereocenters. The second-order valence-electron chi connectivity index (χ2n) is 6.36. The molecule has 2 aliphatic rings. The van der Waals surface area contributed by atoms with Crippen molar-refractivity contribution in [3.8, 4) is 0 Å². The molecular formula is C19H18ClN3O4. The van der Waals surface area contributed by atoms with Gasteiger partial charge in [0.25, 0.3) is 11.6 Å². The molecule has 0 aromatic heterocycles. The average molecular weight is 388 g/mol. The van der Waals surface area contributed by atoms with E-state index in [4.69, 9.17) is 16.3 Å². The van der Waals surface area contributed by atoms with Crippen LogP contribution >= 0.6 is 11.6 Å². The van der Waals surface area contributed by atoms with Crippen LogP contribution in [0.4, 0.5) is 16.2 Å². The fourth-order valence-electron chi connectivity index (χ4n) is 3.43. The standard InChI is InChI=1S/C19H18ClN3O4/c20-13-5-7-14(8-6-13)23-18(25)21-16-4-2-1-3-15(16)19(23,26)17(24)22-9-11-27-12-10-22/h1-8,26H,9-12H2,(H,21,25). The van der Waals surface area contributed by atoms with Crippen LogP contribution in [0.15, 0.2) is 48.5 Å². The van der Waals surface area contributed by atoms with Gasteiger partial charge in [-0.25, -0.2) is 4.79 Å². The van der Waals surface area contributed by atoms with Gasteiger partial charge in [-0.1, -0.05) is 29.8 Å². The molecule has 2 aromatic rings. The Hall–Kier alpha value is -2.61. The average Bonchev–Trinajstić information content (AvgIpc) is 2.69. The molecule has 2 heterocycles. The number of urea groups is 1. The minimum absolute atomic E-state index is 0.316. The van der Waals surface area contributed by atoms with Crippen molar-refractivity contribution in [1.82, 2.24) is 4.90 Å². The second kappa shape index (κ2) is 6.84. The number of hydrogen-bond donors (Lipinski definition) is 2. The van der Waals surface area contributed by atoms with E-state index in [1.54, 1.807) is 48.5 Å². The van der Waals surface area contributed by atoms with E-state index in [1.165, 1.54) is 4.90 Å². The van der Waals surface area contributed by atoms with Gasteiger partial charge in [-0.15, -0.1) is 0 Å². The normalized spacial score (nSPS) is 22.2. The van der Waals surface area contributed by atoms with E-state index < -0.39 is 17.7 Å². The number of nitrogens with zero attached hydrogens (tertiary/aromatic N) is 2. The maximum Gasteiger partial charge on any atom is 0.329 e. The summed E-state index contributed by atoms with van der Waals surface area (Å²) in [5.74, 6) is -0.567. The van der Waals surface area contributed by atoms with E-state index in [0.717, 1.165) is 4.90 Å². The maximum atomic E-state index is 13.4. The molecule has 8 heteroatoms. The molecule has 3 amide bonds. The van der Waals surface area contributed by atoms with Crippen LogP contribution in [0.3, 0.4) is 0 Å². The highest BCUT2D eigenvalue weighted by Crippen LogP contribution is 2.41. The van der Waals surface area contributed by atoms with Gasteiger partial charge in [0.15, 0.2) is 0 Å². The van der Waals surface area contributed by atoms with Crippen molar-refractivity contribution in [3.05, 3.63) is 59.1 Å². The van der Waals surface area contributed by atoms with Gasteiger partial charge in [0.05, 0.1) is 18.9 Å². The Morgan fingerprint density at radius 1 is 1.11 bits per heavy atom. The zero-order valence-corrected chi connectivity index (χ0v) is 15.1. The first-order valence-electron chi connectivity index (χ1n) is 8.57. The number of fused-ring (bicyclic) bond motifs is 1. The zero-order chi connectivity index (χ0) is 19.0. The molecule has 2 aromatic carbocycles. The number of ether oxygens (including phenoxy) is 1. The van der Waals surface area contributed by atoms with Crippen LogP contribution in [0.25, 0.3) is 0 Å². The number of halogens is 1. The van der Waals surface area contributed by atoms with Gasteiger partial charge < -0.3 is 20.1 Å². The van der Waals surface area contributed by atoms with E-state index in [-0.39, 0.29) is 0 Å². The fourth-order valence-corrected chi connectivity index (χ4v) is 3.55. The largest absolute Gasteiger partial charge is 0.378 e. The maximum absolute atomic E-state index is 13.4. The number of carbonyl (C=O) groups is 2. The third-order valence-electron chi connectivity index (χ3n) is 4.75. The van der Waals surface area contributed by atoms with Gasteiger partial charge in [-0.2, -0.15) is 0 Å². The van der Waals surface area contributed by atoms with Crippen LogP contribution in [0.1, 0.15) is 5.56 Å². The number of hydrogen-bond acceptors (Lipinski definition) is 4. The summed E-state index contributed by atoms with van der Waals surface area (Å²) in [6.07, 6.45) is 0. The highest BCUT2D eigenvalue weighted by Gasteiger charge is 2.53. The predicted octanol–water partition coefficient (Wildman–Crippen LogP) is 2.40. The molecule has 0 spiro atoms. The molecule has 2 aliphatic heterocycles. The van der Waals surface area contributed by atoms with Gasteiger partial charge >= 0.3 is 6.03 Å². The highest BCUT2D eigenvalue weighted by atomic mass is 35.5. The SMILES string of the molecule is O=C1Nc2ccccc2C(O)(C(=O)N2CCOCC2)N1c1ccc(Cl)cc1. The molecule has 1 unspecified atom stereocenters. The van der Waals surface area contributed by atoms with Gasteiger partial charge in [-0.3, -0.25) is 9.69 Å². The molecule has 0 bridgehead atoms. The molecule has 1 fully saturated rings. The van der Waals surface area contributed by atoms with Crippen molar-refractivity contribution >= 4 is 34.9 Å². The van der Waals surface area contributed by atoms with E-state index in [9.17, 15) is 14.7 Å². The number of nitrogens with one attached hydrogen (secondary N) is 1. The predicted molar refractivity (Wildman–Crippen MR) is 101 cm³/mol. The van der Waals surface area contributed by atoms with Crippen LogP contribution in [0.2, 0.25) is 5.02 Å². The number of amides is 3. The number of para-hydroxylation sites is 1. The van der Waals surface area contributed by atoms with Crippen LogP contribution in [-0.2, 0) is 15.3 Å². The number of benzene rings is 2. The summed E-state index contributed by atoms with van der Waals surface area (Å²) in [5.41, 5.74) is -1.10. The lowest BCUT2D eigenvalue weighted by atomic mass is 9.94. The Morgan fingerprint density at radius 3 is 2.48 bits per heavy atom. The Labute approximate surface area is 161 Å². The fraction of sp³-hybridized carbons (Fsp3) is 0.263. The van der Waals surface area contributed by atoms with Crippen molar-refractivity contribution in [2.45, 2.75) is 5.72 Å². The first-order chi connectivity index (χ1) is 13.0. The molecule has 1 saturated heterocycles. The first-order valence-corrected chi connectivity index (χ1v) is 8.95. The number of carbonyl (C=O) groups excluding carboxylic acids is 2. The Bertz CT molecular complexity index is 883. The van der Waals surface area contributed by atoms with Crippen molar-refractivity contribution in [2.75, 3.05) is 36.5 Å². The Balaban J connectivity index is 1.86. The molecule has 0 radical (unpaired) electrons. The van der Waals surface area contributed by atoms with Crippen molar-refractivity contribution in [2.24, 2.45) is 0 Å². The number of rotatable bonds is 2. The van der Waals surface area contributed by atoms with Gasteiger partial charge in [-0.05, 0) is 30.3 Å². The van der Waals surface area contributed by atoms with E-state index in [1.807, 2.05) is 0 Å². The lowest BCUT2D eigenvalue weighted by Gasteiger charge is -2.45. The third kappa shape index (κ3) is 2.93. The smallest absolute Gasteiger partial charge is 0.329 e. The number of anilines is 2. The molecule has 4 rings (SSSR count). The number of aliphatic hydroxyl groups is 1. The first kappa shape index (κ1) is 17.8. The molecule has 0 aliphatic carbocycles.